The molecular weight excluding hydrogens is 326 g/mol. The molecule has 0 N–H and O–H groups in total. The monoisotopic (exact) mass is 361 g/mol. The molecule has 1 fully saturated rings. The lowest BCUT2D eigenvalue weighted by atomic mass is 9.72. The van der Waals surface area contributed by atoms with E-state index in [4.69, 9.17) is 0 Å². The van der Waals surface area contributed by atoms with E-state index in [0.717, 1.165) is 30.5 Å². The Morgan fingerprint density at radius 1 is 1.22 bits per heavy atom. The van der Waals surface area contributed by atoms with Crippen LogP contribution in [0.15, 0.2) is 103 Å². The number of allylic oxidation sites excluding steroid dienone is 10. The maximum Gasteiger partial charge on any atom is 0.0159 e. The molecule has 0 bridgehead atoms. The van der Waals surface area contributed by atoms with Gasteiger partial charge in [-0.15, -0.1) is 5.73 Å². The second-order valence-electron chi connectivity index (χ2n) is 7.57. The van der Waals surface area contributed by atoms with Crippen molar-refractivity contribution < 1.29 is 0 Å². The molecule has 0 saturated carbocycles. The van der Waals surface area contributed by atoms with Crippen LogP contribution in [0.2, 0.25) is 0 Å². The van der Waals surface area contributed by atoms with Crippen LogP contribution in [0, 0.1) is 5.41 Å². The Balaban J connectivity index is 3.10. The van der Waals surface area contributed by atoms with Crippen LogP contribution in [0.1, 0.15) is 33.6 Å². The molecule has 0 spiro atoms. The third kappa shape index (κ3) is 6.40. The molecule has 0 aromatic carbocycles. The molecule has 1 heteroatoms. The van der Waals surface area contributed by atoms with Crippen LogP contribution < -0.4 is 0 Å². The molecule has 1 heterocycles. The van der Waals surface area contributed by atoms with Gasteiger partial charge in [0.15, 0.2) is 0 Å². The minimum absolute atomic E-state index is 0.107. The van der Waals surface area contributed by atoms with E-state index in [2.05, 4.69) is 76.9 Å². The van der Waals surface area contributed by atoms with Gasteiger partial charge in [0, 0.05) is 11.5 Å². The van der Waals surface area contributed by atoms with Gasteiger partial charge in [-0.05, 0) is 63.6 Å². The topological polar surface area (TPSA) is 3.24 Å². The lowest BCUT2D eigenvalue weighted by molar-refractivity contribution is 0.248. The van der Waals surface area contributed by atoms with Crippen molar-refractivity contribution in [3.05, 3.63) is 103 Å². The average Bonchev–Trinajstić information content (AvgIpc) is 2.87. The van der Waals surface area contributed by atoms with Gasteiger partial charge in [0.2, 0.25) is 0 Å². The third-order valence-electron chi connectivity index (χ3n) is 5.47. The first-order valence-corrected chi connectivity index (χ1v) is 9.54. The van der Waals surface area contributed by atoms with E-state index in [1.807, 2.05) is 24.3 Å². The van der Waals surface area contributed by atoms with Crippen LogP contribution >= 0.6 is 0 Å². The lowest BCUT2D eigenvalue weighted by Gasteiger charge is -2.35. The van der Waals surface area contributed by atoms with E-state index in [0.29, 0.717) is 6.04 Å². The van der Waals surface area contributed by atoms with E-state index in [1.54, 1.807) is 12.2 Å². The van der Waals surface area contributed by atoms with E-state index >= 15 is 0 Å². The fourth-order valence-electron chi connectivity index (χ4n) is 3.61. The van der Waals surface area contributed by atoms with Crippen molar-refractivity contribution in [3.8, 4) is 0 Å². The van der Waals surface area contributed by atoms with Crippen molar-refractivity contribution in [2.45, 2.75) is 39.7 Å². The van der Waals surface area contributed by atoms with Crippen molar-refractivity contribution in [2.24, 2.45) is 5.41 Å². The summed E-state index contributed by atoms with van der Waals surface area (Å²) in [5.41, 5.74) is 7.82. The standard InChI is InChI=1S/C26H35N/c1-9-11-12-13-14-16-22(5)19-24(15-10-2)20-25(21(3)4)26(7)17-18-27(8)23(26)6/h9-11,13-16,20,23H,1-3,5,17-19H2,4,6-8H3/b16-14-,24-15-,25-20+. The fraction of sp³-hybridized carbons (Fsp3) is 0.346. The molecule has 1 aliphatic rings. The Kier molecular flexibility index (Phi) is 9.02. The summed E-state index contributed by atoms with van der Waals surface area (Å²) < 4.78 is 0. The predicted octanol–water partition coefficient (Wildman–Crippen LogP) is 6.73. The van der Waals surface area contributed by atoms with Crippen LogP contribution in [-0.2, 0) is 0 Å². The highest BCUT2D eigenvalue weighted by molar-refractivity contribution is 5.43. The molecule has 144 valence electrons. The Hall–Kier alpha value is -2.34. The molecule has 0 aliphatic carbocycles. The molecule has 0 aromatic rings. The summed E-state index contributed by atoms with van der Waals surface area (Å²) in [6.45, 7) is 23.9. The first-order valence-electron chi connectivity index (χ1n) is 9.54. The lowest BCUT2D eigenvalue weighted by Crippen LogP contribution is -2.34. The smallest absolute Gasteiger partial charge is 0.0159 e. The van der Waals surface area contributed by atoms with Gasteiger partial charge in [0.05, 0.1) is 0 Å². The van der Waals surface area contributed by atoms with E-state index in [9.17, 15) is 0 Å². The molecule has 1 nitrogen and oxygen atoms in total. The molecule has 0 amide bonds. The second kappa shape index (κ2) is 10.7. The molecule has 2 unspecified atom stereocenters. The number of hydrogen-bond acceptors (Lipinski definition) is 1. The third-order valence-corrected chi connectivity index (χ3v) is 5.47. The quantitative estimate of drug-likeness (QED) is 0.325. The van der Waals surface area contributed by atoms with Gasteiger partial charge in [0.1, 0.15) is 0 Å². The largest absolute Gasteiger partial charge is 0.303 e. The maximum absolute atomic E-state index is 4.27. The summed E-state index contributed by atoms with van der Waals surface area (Å²) in [6.07, 6.45) is 17.4. The second-order valence-corrected chi connectivity index (χ2v) is 7.57. The SMILES string of the molecule is C=CC=C=C/C=C\C(=C)CC(=C/C=C)/C=C(\C(=C)C)C1(C)CCN(C)C1C. The zero-order valence-corrected chi connectivity index (χ0v) is 17.6. The summed E-state index contributed by atoms with van der Waals surface area (Å²) in [7, 11) is 2.20. The van der Waals surface area contributed by atoms with Gasteiger partial charge in [-0.2, -0.15) is 0 Å². The summed E-state index contributed by atoms with van der Waals surface area (Å²) in [5, 5.41) is 0. The molecule has 2 atom stereocenters. The summed E-state index contributed by atoms with van der Waals surface area (Å²) in [4.78, 5) is 2.43. The number of hydrogen-bond donors (Lipinski definition) is 0. The van der Waals surface area contributed by atoms with Crippen molar-refractivity contribution in [3.63, 3.8) is 0 Å². The summed E-state index contributed by atoms with van der Waals surface area (Å²) in [5.74, 6) is 0. The van der Waals surface area contributed by atoms with Crippen molar-refractivity contribution in [1.29, 1.82) is 0 Å². The molecule has 1 aliphatic heterocycles. The highest BCUT2D eigenvalue weighted by atomic mass is 15.2. The first-order chi connectivity index (χ1) is 12.8. The molecule has 0 radical (unpaired) electrons. The Bertz CT molecular complexity index is 734. The van der Waals surface area contributed by atoms with Crippen LogP contribution in [0.3, 0.4) is 0 Å². The van der Waals surface area contributed by atoms with Crippen LogP contribution in [0.5, 0.6) is 0 Å². The van der Waals surface area contributed by atoms with Crippen LogP contribution in [-0.4, -0.2) is 24.5 Å². The number of likely N-dealkylation sites (tertiary alicyclic amines) is 1. The maximum atomic E-state index is 4.27. The minimum Gasteiger partial charge on any atom is -0.303 e. The van der Waals surface area contributed by atoms with Crippen molar-refractivity contribution in [1.82, 2.24) is 4.90 Å². The van der Waals surface area contributed by atoms with Gasteiger partial charge < -0.3 is 4.90 Å². The normalized spacial score (nSPS) is 23.8. The summed E-state index contributed by atoms with van der Waals surface area (Å²) >= 11 is 0. The van der Waals surface area contributed by atoms with E-state index in [1.165, 1.54) is 11.1 Å². The molecule has 1 rings (SSSR count). The Morgan fingerprint density at radius 2 is 1.93 bits per heavy atom. The molecule has 0 aromatic heterocycles. The van der Waals surface area contributed by atoms with Crippen molar-refractivity contribution >= 4 is 0 Å². The number of rotatable bonds is 9. The van der Waals surface area contributed by atoms with Crippen LogP contribution in [0.4, 0.5) is 0 Å². The zero-order chi connectivity index (χ0) is 20.4. The highest BCUT2D eigenvalue weighted by Gasteiger charge is 2.42. The van der Waals surface area contributed by atoms with Crippen LogP contribution in [0.25, 0.3) is 0 Å². The fourth-order valence-corrected chi connectivity index (χ4v) is 3.61. The van der Waals surface area contributed by atoms with Gasteiger partial charge in [-0.25, -0.2) is 0 Å². The zero-order valence-electron chi connectivity index (χ0n) is 17.6. The minimum atomic E-state index is 0.107. The molecule has 1 saturated heterocycles. The molecule has 27 heavy (non-hydrogen) atoms. The van der Waals surface area contributed by atoms with Crippen molar-refractivity contribution in [2.75, 3.05) is 13.6 Å². The van der Waals surface area contributed by atoms with Gasteiger partial charge in [-0.1, -0.05) is 80.8 Å². The Morgan fingerprint density at radius 3 is 2.44 bits per heavy atom. The van der Waals surface area contributed by atoms with Gasteiger partial charge in [0.25, 0.3) is 0 Å². The van der Waals surface area contributed by atoms with Gasteiger partial charge >= 0.3 is 0 Å². The molecular formula is C26H35N. The number of nitrogens with zero attached hydrogens (tertiary/aromatic N) is 1. The van der Waals surface area contributed by atoms with E-state index in [-0.39, 0.29) is 5.41 Å². The highest BCUT2D eigenvalue weighted by Crippen LogP contribution is 2.45. The predicted molar refractivity (Wildman–Crippen MR) is 122 cm³/mol. The Labute approximate surface area is 166 Å². The van der Waals surface area contributed by atoms with E-state index < -0.39 is 0 Å². The summed E-state index contributed by atoms with van der Waals surface area (Å²) in [6, 6.07) is 0.482. The first kappa shape index (κ1) is 22.7. The van der Waals surface area contributed by atoms with Gasteiger partial charge in [-0.3, -0.25) is 0 Å². The average molecular weight is 362 g/mol.